The first-order chi connectivity index (χ1) is 12.2. The fraction of sp³-hybridized carbons (Fsp3) is 0.0870. The van der Waals surface area contributed by atoms with Crippen LogP contribution in [0.15, 0.2) is 77.2 Å². The summed E-state index contributed by atoms with van der Waals surface area (Å²) in [5.74, 6) is 0. The number of aryl methyl sites for hydroxylation is 2. The zero-order valence-corrected chi connectivity index (χ0v) is 14.3. The molecule has 0 saturated heterocycles. The lowest BCUT2D eigenvalue weighted by molar-refractivity contribution is -0.633. The Kier molecular flexibility index (Phi) is 2.95. The zero-order chi connectivity index (χ0) is 17.0. The van der Waals surface area contributed by atoms with E-state index in [0.717, 1.165) is 11.2 Å². The lowest BCUT2D eigenvalue weighted by atomic mass is 10.0. The van der Waals surface area contributed by atoms with Gasteiger partial charge in [-0.3, -0.25) is 0 Å². The van der Waals surface area contributed by atoms with Crippen molar-refractivity contribution in [3.8, 4) is 11.3 Å². The van der Waals surface area contributed by atoms with Crippen molar-refractivity contribution >= 4 is 32.8 Å². The van der Waals surface area contributed by atoms with Crippen LogP contribution in [0.4, 0.5) is 0 Å². The van der Waals surface area contributed by atoms with Crippen LogP contribution in [-0.2, 0) is 7.05 Å². The normalized spacial score (nSPS) is 11.6. The first-order valence-corrected chi connectivity index (χ1v) is 8.52. The van der Waals surface area contributed by atoms with Crippen molar-refractivity contribution < 1.29 is 8.98 Å². The number of rotatable bonds is 1. The fourth-order valence-electron chi connectivity index (χ4n) is 3.77. The molecule has 25 heavy (non-hydrogen) atoms. The number of aromatic nitrogens is 1. The summed E-state index contributed by atoms with van der Waals surface area (Å²) in [5.41, 5.74) is 6.76. The zero-order valence-electron chi connectivity index (χ0n) is 14.3. The van der Waals surface area contributed by atoms with Crippen LogP contribution in [0.25, 0.3) is 44.1 Å². The molecule has 0 aliphatic carbocycles. The molecule has 0 N–H and O–H groups in total. The Hall–Kier alpha value is -3.13. The summed E-state index contributed by atoms with van der Waals surface area (Å²) >= 11 is 0. The van der Waals surface area contributed by atoms with E-state index in [2.05, 4.69) is 79.2 Å². The van der Waals surface area contributed by atoms with E-state index in [1.165, 1.54) is 38.5 Å². The van der Waals surface area contributed by atoms with E-state index in [-0.39, 0.29) is 0 Å². The predicted molar refractivity (Wildman–Crippen MR) is 103 cm³/mol. The van der Waals surface area contributed by atoms with Crippen molar-refractivity contribution in [3.63, 3.8) is 0 Å². The molecule has 3 aromatic carbocycles. The monoisotopic (exact) mass is 324 g/mol. The van der Waals surface area contributed by atoms with E-state index < -0.39 is 0 Å². The lowest BCUT2D eigenvalue weighted by Gasteiger charge is -2.07. The lowest BCUT2D eigenvalue weighted by Crippen LogP contribution is -2.32. The van der Waals surface area contributed by atoms with Gasteiger partial charge in [-0.1, -0.05) is 30.3 Å². The van der Waals surface area contributed by atoms with Gasteiger partial charge in [-0.15, -0.1) is 0 Å². The van der Waals surface area contributed by atoms with Gasteiger partial charge in [0.1, 0.15) is 18.2 Å². The van der Waals surface area contributed by atoms with Gasteiger partial charge < -0.3 is 4.42 Å². The van der Waals surface area contributed by atoms with Gasteiger partial charge in [0.2, 0.25) is 11.2 Å². The largest absolute Gasteiger partial charge is 0.456 e. The molecular formula is C23H18NO+. The highest BCUT2D eigenvalue weighted by Crippen LogP contribution is 2.33. The van der Waals surface area contributed by atoms with Gasteiger partial charge in [0, 0.05) is 28.3 Å². The maximum atomic E-state index is 6.09. The van der Waals surface area contributed by atoms with E-state index >= 15 is 0 Å². The number of hydrogen-bond donors (Lipinski definition) is 0. The summed E-state index contributed by atoms with van der Waals surface area (Å²) in [5, 5.41) is 3.60. The molecule has 5 aromatic rings. The molecule has 0 unspecified atom stereocenters. The Labute approximate surface area is 145 Å². The molecule has 2 aromatic heterocycles. The number of benzene rings is 3. The van der Waals surface area contributed by atoms with Crippen molar-refractivity contribution in [2.24, 2.45) is 7.05 Å². The second-order valence-corrected chi connectivity index (χ2v) is 6.60. The molecular weight excluding hydrogens is 306 g/mol. The second-order valence-electron chi connectivity index (χ2n) is 6.60. The third-order valence-corrected chi connectivity index (χ3v) is 5.08. The minimum Gasteiger partial charge on any atom is -0.456 e. The van der Waals surface area contributed by atoms with Gasteiger partial charge in [0.25, 0.3) is 0 Å². The molecule has 2 heteroatoms. The fourth-order valence-corrected chi connectivity index (χ4v) is 3.77. The van der Waals surface area contributed by atoms with Crippen LogP contribution in [0.2, 0.25) is 0 Å². The molecule has 2 nitrogen and oxygen atoms in total. The van der Waals surface area contributed by atoms with Crippen molar-refractivity contribution in [2.75, 3.05) is 0 Å². The van der Waals surface area contributed by atoms with Crippen molar-refractivity contribution in [1.29, 1.82) is 0 Å². The van der Waals surface area contributed by atoms with Crippen LogP contribution in [-0.4, -0.2) is 0 Å². The molecule has 0 spiro atoms. The van der Waals surface area contributed by atoms with Crippen LogP contribution in [0.1, 0.15) is 5.56 Å². The van der Waals surface area contributed by atoms with Crippen LogP contribution >= 0.6 is 0 Å². The average molecular weight is 324 g/mol. The Bertz CT molecular complexity index is 1260. The Morgan fingerprint density at radius 1 is 0.760 bits per heavy atom. The van der Waals surface area contributed by atoms with E-state index in [9.17, 15) is 0 Å². The number of para-hydroxylation sites is 2. The third-order valence-electron chi connectivity index (χ3n) is 5.08. The Morgan fingerprint density at radius 2 is 1.56 bits per heavy atom. The number of furan rings is 1. The van der Waals surface area contributed by atoms with Crippen molar-refractivity contribution in [3.05, 3.63) is 78.4 Å². The van der Waals surface area contributed by atoms with Gasteiger partial charge in [0.05, 0.1) is 5.56 Å². The van der Waals surface area contributed by atoms with E-state index in [1.807, 2.05) is 12.1 Å². The highest BCUT2D eigenvalue weighted by Gasteiger charge is 2.18. The highest BCUT2D eigenvalue weighted by atomic mass is 16.3. The Morgan fingerprint density at radius 3 is 2.48 bits per heavy atom. The summed E-state index contributed by atoms with van der Waals surface area (Å²) < 4.78 is 8.34. The molecule has 5 rings (SSSR count). The van der Waals surface area contributed by atoms with Crippen LogP contribution < -0.4 is 4.57 Å². The molecule has 0 fully saturated rings. The SMILES string of the molecule is Cc1cc2c(cc1-c1ccc3ccccc3[n+]1C)oc1ccccc12. The van der Waals surface area contributed by atoms with Crippen molar-refractivity contribution in [1.82, 2.24) is 0 Å². The predicted octanol–water partition coefficient (Wildman–Crippen LogP) is 5.54. The standard InChI is InChI=1S/C23H18NO/c1-15-13-19-17-8-4-6-10-22(17)25-23(19)14-18(15)21-12-11-16-7-3-5-9-20(16)24(21)2/h3-14H,1-2H3/q+1. The van der Waals surface area contributed by atoms with Crippen LogP contribution in [0.5, 0.6) is 0 Å². The molecule has 0 atom stereocenters. The van der Waals surface area contributed by atoms with E-state index in [1.54, 1.807) is 0 Å². The quantitative estimate of drug-likeness (QED) is 0.370. The molecule has 0 radical (unpaired) electrons. The Balaban J connectivity index is 1.82. The van der Waals surface area contributed by atoms with Crippen molar-refractivity contribution in [2.45, 2.75) is 6.92 Å². The van der Waals surface area contributed by atoms with Gasteiger partial charge in [-0.05, 0) is 42.8 Å². The molecule has 0 aliphatic rings. The first kappa shape index (κ1) is 14.2. The molecule has 0 saturated carbocycles. The molecule has 0 bridgehead atoms. The summed E-state index contributed by atoms with van der Waals surface area (Å²) in [6, 6.07) is 25.5. The molecule has 2 heterocycles. The number of pyridine rings is 1. The summed E-state index contributed by atoms with van der Waals surface area (Å²) in [4.78, 5) is 0. The van der Waals surface area contributed by atoms with E-state index in [0.29, 0.717) is 0 Å². The first-order valence-electron chi connectivity index (χ1n) is 8.52. The van der Waals surface area contributed by atoms with Crippen LogP contribution in [0.3, 0.4) is 0 Å². The molecule has 0 aliphatic heterocycles. The van der Waals surface area contributed by atoms with Gasteiger partial charge in [-0.25, -0.2) is 0 Å². The van der Waals surface area contributed by atoms with E-state index in [4.69, 9.17) is 4.42 Å². The maximum absolute atomic E-state index is 6.09. The topological polar surface area (TPSA) is 17.0 Å². The maximum Gasteiger partial charge on any atom is 0.213 e. The van der Waals surface area contributed by atoms with Gasteiger partial charge in [-0.2, -0.15) is 4.57 Å². The summed E-state index contributed by atoms with van der Waals surface area (Å²) in [6.07, 6.45) is 0. The molecule has 0 amide bonds. The third kappa shape index (κ3) is 2.07. The highest BCUT2D eigenvalue weighted by molar-refractivity contribution is 6.06. The second kappa shape index (κ2) is 5.18. The van der Waals surface area contributed by atoms with Gasteiger partial charge >= 0.3 is 0 Å². The number of fused-ring (bicyclic) bond motifs is 4. The summed E-state index contributed by atoms with van der Waals surface area (Å²) in [7, 11) is 2.12. The average Bonchev–Trinajstić information content (AvgIpc) is 2.99. The summed E-state index contributed by atoms with van der Waals surface area (Å²) in [6.45, 7) is 2.17. The number of hydrogen-bond acceptors (Lipinski definition) is 1. The number of nitrogens with zero attached hydrogens (tertiary/aromatic N) is 1. The molecule has 120 valence electrons. The smallest absolute Gasteiger partial charge is 0.213 e. The minimum absolute atomic E-state index is 0.940. The minimum atomic E-state index is 0.940. The van der Waals surface area contributed by atoms with Gasteiger partial charge in [0.15, 0.2) is 0 Å². The van der Waals surface area contributed by atoms with Crippen LogP contribution in [0, 0.1) is 6.92 Å².